The third-order valence-electron chi connectivity index (χ3n) is 5.13. The minimum Gasteiger partial charge on any atom is -0.493 e. The second-order valence-electron chi connectivity index (χ2n) is 7.25. The van der Waals surface area contributed by atoms with Gasteiger partial charge in [-0.3, -0.25) is 4.79 Å². The van der Waals surface area contributed by atoms with E-state index >= 15 is 0 Å². The van der Waals surface area contributed by atoms with Crippen LogP contribution in [0.2, 0.25) is 5.02 Å². The molecule has 1 aliphatic heterocycles. The van der Waals surface area contributed by atoms with Gasteiger partial charge in [-0.1, -0.05) is 11.6 Å². The highest BCUT2D eigenvalue weighted by atomic mass is 35.5. The Balaban J connectivity index is 1.57. The highest BCUT2D eigenvalue weighted by Gasteiger charge is 2.26. The smallest absolute Gasteiger partial charge is 0.246 e. The van der Waals surface area contributed by atoms with Crippen molar-refractivity contribution in [3.05, 3.63) is 58.9 Å². The van der Waals surface area contributed by atoms with Crippen LogP contribution in [-0.2, 0) is 14.8 Å². The van der Waals surface area contributed by atoms with E-state index in [4.69, 9.17) is 21.1 Å². The number of hydrogen-bond donors (Lipinski definition) is 1. The van der Waals surface area contributed by atoms with Crippen LogP contribution >= 0.6 is 11.6 Å². The molecule has 0 saturated carbocycles. The van der Waals surface area contributed by atoms with Crippen LogP contribution in [0.4, 0.5) is 4.39 Å². The molecule has 1 aliphatic rings. The zero-order valence-electron chi connectivity index (χ0n) is 17.7. The van der Waals surface area contributed by atoms with E-state index in [2.05, 4.69) is 4.72 Å². The molecule has 1 heterocycles. The number of rotatable bonds is 7. The summed E-state index contributed by atoms with van der Waals surface area (Å²) in [6, 6.07) is 7.74. The number of carbonyl (C=O) groups is 1. The first-order valence-electron chi connectivity index (χ1n) is 9.90. The first kappa shape index (κ1) is 24.0. The molecule has 1 saturated heterocycles. The Labute approximate surface area is 191 Å². The topological polar surface area (TPSA) is 84.9 Å². The third kappa shape index (κ3) is 5.79. The van der Waals surface area contributed by atoms with E-state index in [0.717, 1.165) is 12.1 Å². The van der Waals surface area contributed by atoms with Gasteiger partial charge in [0.1, 0.15) is 5.82 Å². The molecular formula is C22H24ClFN2O5S. The summed E-state index contributed by atoms with van der Waals surface area (Å²) in [5, 5.41) is 0.369. The molecule has 0 radical (unpaired) electrons. The molecule has 3 rings (SSSR count). The van der Waals surface area contributed by atoms with Crippen molar-refractivity contribution in [2.75, 3.05) is 27.3 Å². The predicted octanol–water partition coefficient (Wildman–Crippen LogP) is 3.48. The van der Waals surface area contributed by atoms with Gasteiger partial charge in [0.2, 0.25) is 15.9 Å². The number of nitrogens with one attached hydrogen (secondary N) is 1. The summed E-state index contributed by atoms with van der Waals surface area (Å²) in [6.07, 6.45) is 4.03. The number of ether oxygens (including phenoxy) is 2. The summed E-state index contributed by atoms with van der Waals surface area (Å²) in [5.74, 6) is 0.194. The quantitative estimate of drug-likeness (QED) is 0.611. The zero-order valence-corrected chi connectivity index (χ0v) is 19.2. The predicted molar refractivity (Wildman–Crippen MR) is 120 cm³/mol. The third-order valence-corrected chi connectivity index (χ3v) is 6.94. The van der Waals surface area contributed by atoms with Crippen LogP contribution < -0.4 is 14.2 Å². The van der Waals surface area contributed by atoms with Gasteiger partial charge in [-0.25, -0.2) is 17.5 Å². The second kappa shape index (κ2) is 10.3. The largest absolute Gasteiger partial charge is 0.493 e. The van der Waals surface area contributed by atoms with Gasteiger partial charge in [0.15, 0.2) is 11.5 Å². The highest BCUT2D eigenvalue weighted by molar-refractivity contribution is 7.89. The molecule has 0 aromatic heterocycles. The molecule has 2 aromatic carbocycles. The fraction of sp³-hybridized carbons (Fsp3) is 0.318. The SMILES string of the molecule is COc1cc(/C=C/C(=O)N2CCC(NS(=O)(=O)c3ccc(F)cc3)CC2)cc(Cl)c1OC. The maximum Gasteiger partial charge on any atom is 0.246 e. The Morgan fingerprint density at radius 2 is 1.81 bits per heavy atom. The fourth-order valence-electron chi connectivity index (χ4n) is 3.43. The molecule has 10 heteroatoms. The normalized spacial score (nSPS) is 15.2. The van der Waals surface area contributed by atoms with Crippen molar-refractivity contribution >= 4 is 33.6 Å². The van der Waals surface area contributed by atoms with E-state index in [0.29, 0.717) is 48.0 Å². The van der Waals surface area contributed by atoms with Crippen molar-refractivity contribution in [2.24, 2.45) is 0 Å². The number of likely N-dealkylation sites (tertiary alicyclic amines) is 1. The van der Waals surface area contributed by atoms with E-state index in [1.54, 1.807) is 23.1 Å². The lowest BCUT2D eigenvalue weighted by atomic mass is 10.1. The number of carbonyl (C=O) groups excluding carboxylic acids is 1. The summed E-state index contributed by atoms with van der Waals surface area (Å²) in [6.45, 7) is 0.818. The number of hydrogen-bond acceptors (Lipinski definition) is 5. The zero-order chi connectivity index (χ0) is 23.3. The van der Waals surface area contributed by atoms with Crippen molar-refractivity contribution in [1.29, 1.82) is 0 Å². The molecule has 0 spiro atoms. The first-order valence-corrected chi connectivity index (χ1v) is 11.8. The maximum atomic E-state index is 13.0. The highest BCUT2D eigenvalue weighted by Crippen LogP contribution is 2.36. The Morgan fingerprint density at radius 3 is 2.41 bits per heavy atom. The summed E-state index contributed by atoms with van der Waals surface area (Å²) < 4.78 is 51.0. The lowest BCUT2D eigenvalue weighted by Gasteiger charge is -2.31. The number of piperidine rings is 1. The van der Waals surface area contributed by atoms with Crippen LogP contribution in [0.15, 0.2) is 47.4 Å². The summed E-state index contributed by atoms with van der Waals surface area (Å²) in [4.78, 5) is 14.2. The molecule has 0 bridgehead atoms. The van der Waals surface area contributed by atoms with E-state index in [1.165, 1.54) is 32.4 Å². The lowest BCUT2D eigenvalue weighted by Crippen LogP contribution is -2.46. The average molecular weight is 483 g/mol. The number of methoxy groups -OCH3 is 2. The molecule has 0 atom stereocenters. The van der Waals surface area contributed by atoms with E-state index in [9.17, 15) is 17.6 Å². The molecule has 0 aliphatic carbocycles. The lowest BCUT2D eigenvalue weighted by molar-refractivity contribution is -0.126. The Kier molecular flexibility index (Phi) is 7.76. The van der Waals surface area contributed by atoms with Gasteiger partial charge >= 0.3 is 0 Å². The van der Waals surface area contributed by atoms with Gasteiger partial charge in [0.25, 0.3) is 0 Å². The molecule has 1 N–H and O–H groups in total. The molecule has 172 valence electrons. The molecule has 32 heavy (non-hydrogen) atoms. The summed E-state index contributed by atoms with van der Waals surface area (Å²) >= 11 is 6.19. The Hall–Kier alpha value is -2.62. The van der Waals surface area contributed by atoms with Crippen molar-refractivity contribution in [1.82, 2.24) is 9.62 Å². The van der Waals surface area contributed by atoms with Crippen molar-refractivity contribution in [2.45, 2.75) is 23.8 Å². The van der Waals surface area contributed by atoms with Gasteiger partial charge in [0, 0.05) is 25.2 Å². The van der Waals surface area contributed by atoms with Gasteiger partial charge in [-0.05, 0) is 60.9 Å². The van der Waals surface area contributed by atoms with Crippen LogP contribution in [-0.4, -0.2) is 52.6 Å². The number of amides is 1. The summed E-state index contributed by atoms with van der Waals surface area (Å²) in [7, 11) is -0.752. The fourth-order valence-corrected chi connectivity index (χ4v) is 5.03. The molecular weight excluding hydrogens is 459 g/mol. The summed E-state index contributed by atoms with van der Waals surface area (Å²) in [5.41, 5.74) is 0.683. The van der Waals surface area contributed by atoms with Gasteiger partial charge in [0.05, 0.1) is 24.1 Å². The Bertz CT molecular complexity index is 1100. The molecule has 1 amide bonds. The van der Waals surface area contributed by atoms with Gasteiger partial charge in [-0.2, -0.15) is 0 Å². The van der Waals surface area contributed by atoms with Crippen LogP contribution in [0, 0.1) is 5.82 Å². The average Bonchev–Trinajstić information content (AvgIpc) is 2.77. The van der Waals surface area contributed by atoms with Crippen molar-refractivity contribution in [3.8, 4) is 11.5 Å². The number of benzene rings is 2. The van der Waals surface area contributed by atoms with Crippen LogP contribution in [0.1, 0.15) is 18.4 Å². The first-order chi connectivity index (χ1) is 15.2. The van der Waals surface area contributed by atoms with E-state index < -0.39 is 15.8 Å². The maximum absolute atomic E-state index is 13.0. The van der Waals surface area contributed by atoms with E-state index in [-0.39, 0.29) is 16.8 Å². The monoisotopic (exact) mass is 482 g/mol. The Morgan fingerprint density at radius 1 is 1.16 bits per heavy atom. The minimum absolute atomic E-state index is 0.00826. The van der Waals surface area contributed by atoms with Gasteiger partial charge < -0.3 is 14.4 Å². The van der Waals surface area contributed by atoms with Crippen LogP contribution in [0.3, 0.4) is 0 Å². The number of sulfonamides is 1. The van der Waals surface area contributed by atoms with E-state index in [1.807, 2.05) is 0 Å². The van der Waals surface area contributed by atoms with Crippen LogP contribution in [0.5, 0.6) is 11.5 Å². The molecule has 2 aromatic rings. The molecule has 7 nitrogen and oxygen atoms in total. The minimum atomic E-state index is -3.75. The molecule has 0 unspecified atom stereocenters. The number of halogens is 2. The van der Waals surface area contributed by atoms with Crippen molar-refractivity contribution in [3.63, 3.8) is 0 Å². The number of nitrogens with zero attached hydrogens (tertiary/aromatic N) is 1. The standard InChI is InChI=1S/C22H24ClFN2O5S/c1-30-20-14-15(13-19(23)22(20)31-2)3-8-21(27)26-11-9-17(10-12-26)25-32(28,29)18-6-4-16(24)5-7-18/h3-8,13-14,17,25H,9-12H2,1-2H3/b8-3+. The van der Waals surface area contributed by atoms with Crippen molar-refractivity contribution < 1.29 is 27.1 Å². The molecule has 1 fully saturated rings. The second-order valence-corrected chi connectivity index (χ2v) is 9.37. The van der Waals surface area contributed by atoms with Crippen LogP contribution in [0.25, 0.3) is 6.08 Å². The van der Waals surface area contributed by atoms with Gasteiger partial charge in [-0.15, -0.1) is 0 Å².